The first-order valence-corrected chi connectivity index (χ1v) is 12.9. The average molecular weight is 532 g/mol. The SMILES string of the molecule is COc1ccc(N(C)c2cc(S(=O)(=O)NC3(C#N)CC3)cn3c(-c4nnc(C(F)F)s4)ncc23)cc1. The van der Waals surface area contributed by atoms with Gasteiger partial charge in [0.25, 0.3) is 6.43 Å². The number of nitrogens with one attached hydrogen (secondary N) is 1. The number of hydrogen-bond acceptors (Lipinski definition) is 9. The van der Waals surface area contributed by atoms with Crippen LogP contribution in [0.2, 0.25) is 0 Å². The van der Waals surface area contributed by atoms with Gasteiger partial charge >= 0.3 is 0 Å². The van der Waals surface area contributed by atoms with Gasteiger partial charge in [-0.3, -0.25) is 4.40 Å². The lowest BCUT2D eigenvalue weighted by Gasteiger charge is -2.22. The lowest BCUT2D eigenvalue weighted by molar-refractivity contribution is 0.150. The lowest BCUT2D eigenvalue weighted by Crippen LogP contribution is -2.35. The first-order chi connectivity index (χ1) is 17.2. The number of methoxy groups -OCH3 is 1. The number of hydrogen-bond donors (Lipinski definition) is 1. The predicted octanol–water partition coefficient (Wildman–Crippen LogP) is 3.90. The summed E-state index contributed by atoms with van der Waals surface area (Å²) >= 11 is 0.674. The maximum Gasteiger partial charge on any atom is 0.291 e. The van der Waals surface area contributed by atoms with Crippen LogP contribution < -0.4 is 14.4 Å². The first-order valence-electron chi connectivity index (χ1n) is 10.6. The number of pyridine rings is 1. The topological polar surface area (TPSA) is 126 Å². The van der Waals surface area contributed by atoms with Crippen LogP contribution in [0, 0.1) is 11.3 Å². The van der Waals surface area contributed by atoms with E-state index in [2.05, 4.69) is 19.9 Å². The molecule has 0 spiro atoms. The third-order valence-electron chi connectivity index (χ3n) is 5.84. The Morgan fingerprint density at radius 1 is 1.28 bits per heavy atom. The molecule has 1 aromatic carbocycles. The van der Waals surface area contributed by atoms with Crippen LogP contribution in [0.5, 0.6) is 5.75 Å². The molecule has 0 saturated heterocycles. The number of fused-ring (bicyclic) bond motifs is 1. The van der Waals surface area contributed by atoms with Gasteiger partial charge in [-0.1, -0.05) is 11.3 Å². The Hall–Kier alpha value is -3.67. The molecule has 10 nitrogen and oxygen atoms in total. The summed E-state index contributed by atoms with van der Waals surface area (Å²) in [4.78, 5) is 5.98. The minimum atomic E-state index is -4.11. The van der Waals surface area contributed by atoms with Crippen LogP contribution in [0.3, 0.4) is 0 Å². The number of rotatable bonds is 8. The molecule has 0 unspecified atom stereocenters. The van der Waals surface area contributed by atoms with Crippen molar-refractivity contribution in [1.82, 2.24) is 24.3 Å². The molecule has 1 N–H and O–H groups in total. The van der Waals surface area contributed by atoms with Crippen molar-refractivity contribution < 1.29 is 21.9 Å². The van der Waals surface area contributed by atoms with E-state index in [0.717, 1.165) is 5.69 Å². The number of anilines is 2. The minimum absolute atomic E-state index is 0.113. The standard InChI is InChI=1S/C22H19F2N7O3S2/c1-30(13-3-5-14(34-2)6-4-13)16-9-15(36(32,33)29-22(12-25)7-8-22)11-31-17(16)10-26-19(31)21-28-27-20(35-21)18(23)24/h3-6,9-11,18,29H,7-8H2,1-2H3. The van der Waals surface area contributed by atoms with E-state index in [0.29, 0.717) is 41.1 Å². The van der Waals surface area contributed by atoms with Crippen molar-refractivity contribution in [1.29, 1.82) is 5.26 Å². The zero-order valence-corrected chi connectivity index (χ0v) is 20.6. The number of sulfonamides is 1. The third-order valence-corrected chi connectivity index (χ3v) is 8.27. The average Bonchev–Trinajstić information content (AvgIpc) is 3.26. The van der Waals surface area contributed by atoms with Crippen molar-refractivity contribution in [3.8, 4) is 22.7 Å². The van der Waals surface area contributed by atoms with Crippen LogP contribution in [-0.2, 0) is 10.0 Å². The quantitative estimate of drug-likeness (QED) is 0.363. The maximum absolute atomic E-state index is 13.3. The molecule has 0 amide bonds. The van der Waals surface area contributed by atoms with Gasteiger partial charge in [-0.2, -0.15) is 9.98 Å². The normalized spacial score (nSPS) is 14.7. The van der Waals surface area contributed by atoms with E-state index in [1.807, 2.05) is 6.07 Å². The van der Waals surface area contributed by atoms with Crippen molar-refractivity contribution in [2.24, 2.45) is 0 Å². The summed E-state index contributed by atoms with van der Waals surface area (Å²) in [7, 11) is -0.805. The summed E-state index contributed by atoms with van der Waals surface area (Å²) in [5.74, 6) is 0.819. The highest BCUT2D eigenvalue weighted by atomic mass is 32.2. The monoisotopic (exact) mass is 531 g/mol. The summed E-state index contributed by atoms with van der Waals surface area (Å²) in [6.07, 6.45) is 0.889. The molecule has 36 heavy (non-hydrogen) atoms. The number of nitrogens with zero attached hydrogens (tertiary/aromatic N) is 6. The van der Waals surface area contributed by atoms with Gasteiger partial charge in [-0.25, -0.2) is 22.2 Å². The van der Waals surface area contributed by atoms with Crippen LogP contribution in [0.1, 0.15) is 24.3 Å². The molecule has 14 heteroatoms. The van der Waals surface area contributed by atoms with E-state index in [1.54, 1.807) is 43.3 Å². The van der Waals surface area contributed by atoms with Gasteiger partial charge in [0.1, 0.15) is 16.2 Å². The van der Waals surface area contributed by atoms with Crippen LogP contribution in [-0.4, -0.2) is 47.7 Å². The van der Waals surface area contributed by atoms with Gasteiger partial charge in [-0.05, 0) is 43.2 Å². The number of nitriles is 1. The molecule has 1 aliphatic rings. The van der Waals surface area contributed by atoms with E-state index < -0.39 is 27.0 Å². The van der Waals surface area contributed by atoms with E-state index in [-0.39, 0.29) is 15.7 Å². The number of alkyl halides is 2. The Labute approximate surface area is 208 Å². The molecule has 1 aliphatic carbocycles. The molecule has 0 atom stereocenters. The molecular formula is C22H19F2N7O3S2. The van der Waals surface area contributed by atoms with E-state index in [9.17, 15) is 22.5 Å². The van der Waals surface area contributed by atoms with Crippen molar-refractivity contribution in [2.45, 2.75) is 29.7 Å². The van der Waals surface area contributed by atoms with E-state index >= 15 is 0 Å². The Morgan fingerprint density at radius 2 is 2.00 bits per heavy atom. The molecule has 3 heterocycles. The summed E-state index contributed by atoms with van der Waals surface area (Å²) in [5.41, 5.74) is 0.591. The molecule has 3 aromatic heterocycles. The van der Waals surface area contributed by atoms with Gasteiger partial charge in [0.05, 0.1) is 30.6 Å². The van der Waals surface area contributed by atoms with Gasteiger partial charge in [0.15, 0.2) is 15.8 Å². The zero-order chi connectivity index (χ0) is 25.7. The van der Waals surface area contributed by atoms with E-state index in [4.69, 9.17) is 4.74 Å². The fraction of sp³-hybridized carbons (Fsp3) is 0.273. The second-order valence-electron chi connectivity index (χ2n) is 8.20. The van der Waals surface area contributed by atoms with Gasteiger partial charge in [0.2, 0.25) is 10.0 Å². The van der Waals surface area contributed by atoms with Gasteiger partial charge in [0, 0.05) is 18.9 Å². The highest BCUT2D eigenvalue weighted by Gasteiger charge is 2.47. The summed E-state index contributed by atoms with van der Waals surface area (Å²) in [6.45, 7) is 0. The van der Waals surface area contributed by atoms with Crippen molar-refractivity contribution in [2.75, 3.05) is 19.1 Å². The Bertz CT molecular complexity index is 1590. The Balaban J connectivity index is 1.68. The molecule has 5 rings (SSSR count). The van der Waals surface area contributed by atoms with Crippen LogP contribution in [0.4, 0.5) is 20.2 Å². The molecule has 4 aromatic rings. The van der Waals surface area contributed by atoms with Crippen molar-refractivity contribution >= 4 is 38.3 Å². The second kappa shape index (κ2) is 8.77. The minimum Gasteiger partial charge on any atom is -0.497 e. The first kappa shape index (κ1) is 24.0. The number of ether oxygens (including phenoxy) is 1. The smallest absolute Gasteiger partial charge is 0.291 e. The molecule has 1 saturated carbocycles. The number of imidazole rings is 1. The molecular weight excluding hydrogens is 512 g/mol. The fourth-order valence-electron chi connectivity index (χ4n) is 3.66. The summed E-state index contributed by atoms with van der Waals surface area (Å²) in [5, 5.41) is 16.4. The molecule has 186 valence electrons. The number of halogens is 2. The Kier molecular flexibility index (Phi) is 5.86. The second-order valence-corrected chi connectivity index (χ2v) is 10.9. The van der Waals surface area contributed by atoms with Gasteiger partial charge < -0.3 is 9.64 Å². The van der Waals surface area contributed by atoms with Crippen molar-refractivity contribution in [3.63, 3.8) is 0 Å². The number of benzene rings is 1. The predicted molar refractivity (Wildman–Crippen MR) is 128 cm³/mol. The molecule has 0 aliphatic heterocycles. The summed E-state index contributed by atoms with van der Waals surface area (Å²) < 4.78 is 62.0. The maximum atomic E-state index is 13.3. The molecule has 0 bridgehead atoms. The van der Waals surface area contributed by atoms with E-state index in [1.165, 1.54) is 22.9 Å². The highest BCUT2D eigenvalue weighted by molar-refractivity contribution is 7.89. The van der Waals surface area contributed by atoms with Crippen LogP contribution in [0.15, 0.2) is 47.6 Å². The highest BCUT2D eigenvalue weighted by Crippen LogP contribution is 2.38. The number of aromatic nitrogens is 4. The lowest BCUT2D eigenvalue weighted by atomic mass is 10.2. The van der Waals surface area contributed by atoms with Gasteiger partial charge in [-0.15, -0.1) is 10.2 Å². The summed E-state index contributed by atoms with van der Waals surface area (Å²) in [6, 6.07) is 10.6. The zero-order valence-electron chi connectivity index (χ0n) is 19.0. The third kappa shape index (κ3) is 4.25. The largest absolute Gasteiger partial charge is 0.497 e. The Morgan fingerprint density at radius 3 is 2.58 bits per heavy atom. The van der Waals surface area contributed by atoms with Crippen LogP contribution >= 0.6 is 11.3 Å². The fourth-order valence-corrected chi connectivity index (χ4v) is 5.75. The molecule has 0 radical (unpaired) electrons. The van der Waals surface area contributed by atoms with Crippen molar-refractivity contribution in [3.05, 3.63) is 47.7 Å². The molecule has 1 fully saturated rings. The van der Waals surface area contributed by atoms with Crippen LogP contribution in [0.25, 0.3) is 16.3 Å².